The first-order valence-corrected chi connectivity index (χ1v) is 8.68. The minimum atomic E-state index is 0.103. The summed E-state index contributed by atoms with van der Waals surface area (Å²) in [6, 6.07) is 11.3. The molecule has 2 aromatic rings. The maximum atomic E-state index is 6.32. The number of anilines is 1. The molecule has 2 N–H and O–H groups in total. The van der Waals surface area contributed by atoms with Crippen molar-refractivity contribution in [1.82, 2.24) is 0 Å². The number of aryl methyl sites for hydroxylation is 1. The van der Waals surface area contributed by atoms with E-state index in [-0.39, 0.29) is 12.1 Å². The molecule has 2 nitrogen and oxygen atoms in total. The molecule has 3 rings (SSSR count). The highest BCUT2D eigenvalue weighted by molar-refractivity contribution is 9.10. The topological polar surface area (TPSA) is 29.3 Å². The van der Waals surface area contributed by atoms with Crippen molar-refractivity contribution in [3.63, 3.8) is 0 Å². The van der Waals surface area contributed by atoms with Crippen LogP contribution in [0.4, 0.5) is 5.69 Å². The second-order valence-corrected chi connectivity index (χ2v) is 7.26. The minimum absolute atomic E-state index is 0.103. The Kier molecular flexibility index (Phi) is 4.15. The Balaban J connectivity index is 2.01. The lowest BCUT2D eigenvalue weighted by Crippen LogP contribution is -2.41. The Morgan fingerprint density at radius 1 is 1.35 bits per heavy atom. The van der Waals surface area contributed by atoms with Gasteiger partial charge < -0.3 is 10.6 Å². The molecule has 0 bridgehead atoms. The van der Waals surface area contributed by atoms with Crippen molar-refractivity contribution in [2.75, 3.05) is 11.4 Å². The highest BCUT2D eigenvalue weighted by Gasteiger charge is 2.28. The van der Waals surface area contributed by atoms with Gasteiger partial charge in [-0.25, -0.2) is 0 Å². The molecule has 2 heterocycles. The Hall–Kier alpha value is -0.840. The van der Waals surface area contributed by atoms with Crippen LogP contribution in [-0.4, -0.2) is 12.6 Å². The van der Waals surface area contributed by atoms with Crippen LogP contribution in [0.5, 0.6) is 0 Å². The second kappa shape index (κ2) is 5.88. The molecule has 2 unspecified atom stereocenters. The first-order valence-electron chi connectivity index (χ1n) is 7.01. The molecule has 106 valence electrons. The van der Waals surface area contributed by atoms with Crippen LogP contribution in [0.2, 0.25) is 0 Å². The third-order valence-corrected chi connectivity index (χ3v) is 5.62. The van der Waals surface area contributed by atoms with E-state index < -0.39 is 0 Å². The molecule has 0 fully saturated rings. The van der Waals surface area contributed by atoms with Crippen LogP contribution >= 0.6 is 27.3 Å². The summed E-state index contributed by atoms with van der Waals surface area (Å²) in [5, 5.41) is 2.14. The van der Waals surface area contributed by atoms with Crippen LogP contribution < -0.4 is 10.6 Å². The normalized spacial score (nSPS) is 17.6. The van der Waals surface area contributed by atoms with Gasteiger partial charge >= 0.3 is 0 Å². The third-order valence-electron chi connectivity index (χ3n) is 3.86. The molecule has 1 aromatic carbocycles. The van der Waals surface area contributed by atoms with Gasteiger partial charge in [0.05, 0.1) is 6.04 Å². The number of thiophene rings is 1. The summed E-state index contributed by atoms with van der Waals surface area (Å²) in [7, 11) is 0. The van der Waals surface area contributed by atoms with Gasteiger partial charge in [0.15, 0.2) is 0 Å². The van der Waals surface area contributed by atoms with Crippen LogP contribution in [-0.2, 0) is 6.42 Å². The van der Waals surface area contributed by atoms with Crippen molar-refractivity contribution in [3.05, 3.63) is 50.6 Å². The lowest BCUT2D eigenvalue weighted by molar-refractivity contribution is 0.516. The monoisotopic (exact) mass is 350 g/mol. The predicted molar refractivity (Wildman–Crippen MR) is 90.5 cm³/mol. The molecule has 0 saturated carbocycles. The fourth-order valence-corrected chi connectivity index (χ4v) is 4.70. The largest absolute Gasteiger partial charge is 0.362 e. The van der Waals surface area contributed by atoms with Gasteiger partial charge in [-0.1, -0.05) is 18.2 Å². The lowest BCUT2D eigenvalue weighted by atomic mass is 9.97. The first-order chi connectivity index (χ1) is 9.66. The van der Waals surface area contributed by atoms with Crippen molar-refractivity contribution >= 4 is 33.0 Å². The summed E-state index contributed by atoms with van der Waals surface area (Å²) in [5.74, 6) is 0. The first kappa shape index (κ1) is 14.1. The number of nitrogens with two attached hydrogens (primary N) is 1. The summed E-state index contributed by atoms with van der Waals surface area (Å²) in [5.41, 5.74) is 9.11. The van der Waals surface area contributed by atoms with E-state index >= 15 is 0 Å². The number of para-hydroxylation sites is 1. The van der Waals surface area contributed by atoms with Gasteiger partial charge in [0, 0.05) is 33.0 Å². The maximum absolute atomic E-state index is 6.32. The molecule has 1 aliphatic rings. The fourth-order valence-electron chi connectivity index (χ4n) is 3.03. The zero-order valence-electron chi connectivity index (χ0n) is 11.6. The quantitative estimate of drug-likeness (QED) is 0.891. The Morgan fingerprint density at radius 2 is 2.15 bits per heavy atom. The van der Waals surface area contributed by atoms with E-state index in [0.717, 1.165) is 11.0 Å². The Morgan fingerprint density at radius 3 is 2.85 bits per heavy atom. The molecular weight excluding hydrogens is 332 g/mol. The summed E-state index contributed by atoms with van der Waals surface area (Å²) >= 11 is 5.34. The van der Waals surface area contributed by atoms with E-state index in [9.17, 15) is 0 Å². The lowest BCUT2D eigenvalue weighted by Gasteiger charge is -2.39. The van der Waals surface area contributed by atoms with E-state index in [1.807, 2.05) is 0 Å². The van der Waals surface area contributed by atoms with E-state index in [4.69, 9.17) is 5.73 Å². The van der Waals surface area contributed by atoms with Gasteiger partial charge in [-0.15, -0.1) is 11.3 Å². The van der Waals surface area contributed by atoms with Crippen molar-refractivity contribution in [1.29, 1.82) is 0 Å². The minimum Gasteiger partial charge on any atom is -0.362 e. The number of hydrogen-bond donors (Lipinski definition) is 1. The highest BCUT2D eigenvalue weighted by atomic mass is 79.9. The van der Waals surface area contributed by atoms with E-state index in [0.29, 0.717) is 0 Å². The van der Waals surface area contributed by atoms with E-state index in [2.05, 4.69) is 63.5 Å². The van der Waals surface area contributed by atoms with Crippen LogP contribution in [0.3, 0.4) is 0 Å². The molecule has 0 aliphatic carbocycles. The average molecular weight is 351 g/mol. The molecule has 0 amide bonds. The van der Waals surface area contributed by atoms with Crippen molar-refractivity contribution in [2.45, 2.75) is 31.8 Å². The zero-order valence-corrected chi connectivity index (χ0v) is 14.0. The van der Waals surface area contributed by atoms with E-state index in [1.165, 1.54) is 29.0 Å². The van der Waals surface area contributed by atoms with Crippen molar-refractivity contribution in [2.24, 2.45) is 5.73 Å². The Labute approximate surface area is 132 Å². The molecule has 1 aromatic heterocycles. The molecule has 0 spiro atoms. The maximum Gasteiger partial charge on any atom is 0.0783 e. The third kappa shape index (κ3) is 2.65. The van der Waals surface area contributed by atoms with Gasteiger partial charge in [0.2, 0.25) is 0 Å². The molecule has 0 saturated heterocycles. The summed E-state index contributed by atoms with van der Waals surface area (Å²) in [6.45, 7) is 3.19. The summed E-state index contributed by atoms with van der Waals surface area (Å²) in [4.78, 5) is 3.82. The number of nitrogens with zero attached hydrogens (tertiary/aromatic N) is 1. The smallest absolute Gasteiger partial charge is 0.0783 e. The predicted octanol–water partition coefficient (Wildman–Crippen LogP) is 4.35. The van der Waals surface area contributed by atoms with Gasteiger partial charge in [-0.05, 0) is 53.4 Å². The fraction of sp³-hybridized carbons (Fsp3) is 0.375. The summed E-state index contributed by atoms with van der Waals surface area (Å²) < 4.78 is 1.15. The van der Waals surface area contributed by atoms with Crippen LogP contribution in [0, 0.1) is 0 Å². The Bertz CT molecular complexity index is 594. The molecule has 0 radical (unpaired) electrons. The van der Waals surface area contributed by atoms with Crippen LogP contribution in [0.25, 0.3) is 0 Å². The number of fused-ring (bicyclic) bond motifs is 1. The van der Waals surface area contributed by atoms with Gasteiger partial charge in [-0.2, -0.15) is 0 Å². The molecule has 1 aliphatic heterocycles. The number of benzene rings is 1. The standard InChI is InChI=1S/C16H19BrN2S/c1-11(18)16(15-9-13(17)10-20-15)19-8-4-6-12-5-2-3-7-14(12)19/h2-3,5,7,9-11,16H,4,6,8,18H2,1H3. The molecular formula is C16H19BrN2S. The average Bonchev–Trinajstić information content (AvgIpc) is 2.85. The molecule has 20 heavy (non-hydrogen) atoms. The summed E-state index contributed by atoms with van der Waals surface area (Å²) in [6.07, 6.45) is 2.37. The SMILES string of the molecule is CC(N)C(c1cc(Br)cs1)N1CCCc2ccccc21. The number of hydrogen-bond acceptors (Lipinski definition) is 3. The number of halogens is 1. The molecule has 2 atom stereocenters. The second-order valence-electron chi connectivity index (χ2n) is 5.40. The van der Waals surface area contributed by atoms with E-state index in [1.54, 1.807) is 11.3 Å². The van der Waals surface area contributed by atoms with Gasteiger partial charge in [-0.3, -0.25) is 0 Å². The van der Waals surface area contributed by atoms with Crippen molar-refractivity contribution < 1.29 is 0 Å². The van der Waals surface area contributed by atoms with Gasteiger partial charge in [0.1, 0.15) is 0 Å². The van der Waals surface area contributed by atoms with Crippen molar-refractivity contribution in [3.8, 4) is 0 Å². The highest BCUT2D eigenvalue weighted by Crippen LogP contribution is 2.38. The number of rotatable bonds is 3. The van der Waals surface area contributed by atoms with Crippen LogP contribution in [0.15, 0.2) is 40.2 Å². The van der Waals surface area contributed by atoms with Crippen LogP contribution in [0.1, 0.15) is 29.8 Å². The molecule has 4 heteroatoms. The van der Waals surface area contributed by atoms with Gasteiger partial charge in [0.25, 0.3) is 0 Å². The zero-order chi connectivity index (χ0) is 14.1.